The third-order valence-electron chi connectivity index (χ3n) is 3.99. The van der Waals surface area contributed by atoms with Gasteiger partial charge < -0.3 is 19.4 Å². The molecule has 1 saturated heterocycles. The van der Waals surface area contributed by atoms with Crippen LogP contribution < -0.4 is 4.90 Å². The second-order valence-corrected chi connectivity index (χ2v) is 5.57. The first-order chi connectivity index (χ1) is 10.2. The van der Waals surface area contributed by atoms with Crippen molar-refractivity contribution in [2.24, 2.45) is 0 Å². The summed E-state index contributed by atoms with van der Waals surface area (Å²) in [5.74, 6) is 0.751. The zero-order valence-electron chi connectivity index (χ0n) is 12.4. The van der Waals surface area contributed by atoms with Crippen LogP contribution in [-0.2, 0) is 6.61 Å². The topological polar surface area (TPSA) is 65.6 Å². The second kappa shape index (κ2) is 5.83. The Labute approximate surface area is 124 Å². The van der Waals surface area contributed by atoms with E-state index >= 15 is 0 Å². The van der Waals surface area contributed by atoms with Crippen LogP contribution in [0, 0.1) is 0 Å². The fourth-order valence-corrected chi connectivity index (χ4v) is 2.66. The van der Waals surface area contributed by atoms with E-state index in [1.165, 1.54) is 12.1 Å². The van der Waals surface area contributed by atoms with E-state index in [0.29, 0.717) is 11.9 Å². The Morgan fingerprint density at radius 2 is 2.10 bits per heavy atom. The van der Waals surface area contributed by atoms with Gasteiger partial charge in [0.1, 0.15) is 6.61 Å². The Kier molecular flexibility index (Phi) is 3.90. The van der Waals surface area contributed by atoms with Gasteiger partial charge in [-0.15, -0.1) is 0 Å². The average Bonchev–Trinajstić information content (AvgIpc) is 3.17. The van der Waals surface area contributed by atoms with E-state index < -0.39 is 0 Å². The number of rotatable bonds is 4. The van der Waals surface area contributed by atoms with Crippen molar-refractivity contribution in [3.8, 4) is 11.4 Å². The van der Waals surface area contributed by atoms with Crippen molar-refractivity contribution in [3.05, 3.63) is 30.2 Å². The van der Waals surface area contributed by atoms with Crippen molar-refractivity contribution in [2.45, 2.75) is 19.1 Å². The molecule has 2 heterocycles. The summed E-state index contributed by atoms with van der Waals surface area (Å²) in [6.07, 6.45) is 1.19. The van der Waals surface area contributed by atoms with E-state index in [9.17, 15) is 0 Å². The van der Waals surface area contributed by atoms with Crippen molar-refractivity contribution in [1.82, 2.24) is 15.0 Å². The SMILES string of the molecule is CN(C)C1CCN(c2ccc(-c3noc(CO)n3)cc2)C1. The largest absolute Gasteiger partial charge is 0.387 e. The molecule has 2 aromatic rings. The Hall–Kier alpha value is -1.92. The van der Waals surface area contributed by atoms with Crippen molar-refractivity contribution in [2.75, 3.05) is 32.1 Å². The number of benzene rings is 1. The smallest absolute Gasteiger partial charge is 0.252 e. The molecule has 1 aromatic heterocycles. The van der Waals surface area contributed by atoms with Crippen LogP contribution >= 0.6 is 0 Å². The summed E-state index contributed by atoms with van der Waals surface area (Å²) in [5, 5.41) is 12.8. The maximum atomic E-state index is 8.95. The molecular formula is C15H20N4O2. The molecule has 1 atom stereocenters. The molecule has 112 valence electrons. The zero-order chi connectivity index (χ0) is 14.8. The molecular weight excluding hydrogens is 268 g/mol. The summed E-state index contributed by atoms with van der Waals surface area (Å²) in [4.78, 5) is 8.79. The number of aliphatic hydroxyl groups is 1. The van der Waals surface area contributed by atoms with Crippen LogP contribution in [0.2, 0.25) is 0 Å². The molecule has 0 bridgehead atoms. The molecule has 0 saturated carbocycles. The number of hydrogen-bond acceptors (Lipinski definition) is 6. The van der Waals surface area contributed by atoms with Gasteiger partial charge in [-0.05, 0) is 44.8 Å². The fraction of sp³-hybridized carbons (Fsp3) is 0.467. The lowest BCUT2D eigenvalue weighted by molar-refractivity contribution is 0.222. The minimum Gasteiger partial charge on any atom is -0.387 e. The third kappa shape index (κ3) is 2.91. The number of likely N-dealkylation sites (N-methyl/N-ethyl adjacent to an activating group) is 1. The highest BCUT2D eigenvalue weighted by molar-refractivity contribution is 5.60. The van der Waals surface area contributed by atoms with E-state index in [-0.39, 0.29) is 12.5 Å². The number of hydrogen-bond donors (Lipinski definition) is 1. The molecule has 0 radical (unpaired) electrons. The van der Waals surface area contributed by atoms with E-state index in [4.69, 9.17) is 9.63 Å². The highest BCUT2D eigenvalue weighted by atomic mass is 16.5. The van der Waals surface area contributed by atoms with Gasteiger partial charge >= 0.3 is 0 Å². The van der Waals surface area contributed by atoms with E-state index in [1.54, 1.807) is 0 Å². The van der Waals surface area contributed by atoms with Crippen LogP contribution in [0.3, 0.4) is 0 Å². The van der Waals surface area contributed by atoms with Gasteiger partial charge in [0.2, 0.25) is 5.82 Å². The number of aliphatic hydroxyl groups excluding tert-OH is 1. The molecule has 0 spiro atoms. The standard InChI is InChI=1S/C15H20N4O2/c1-18(2)13-7-8-19(9-13)12-5-3-11(4-6-12)15-16-14(10-20)21-17-15/h3-6,13,20H,7-10H2,1-2H3. The molecule has 1 fully saturated rings. The summed E-state index contributed by atoms with van der Waals surface area (Å²) >= 11 is 0. The van der Waals surface area contributed by atoms with Crippen LogP contribution in [0.25, 0.3) is 11.4 Å². The Morgan fingerprint density at radius 3 is 2.67 bits per heavy atom. The van der Waals surface area contributed by atoms with Gasteiger partial charge in [-0.1, -0.05) is 5.16 Å². The molecule has 0 aliphatic carbocycles. The van der Waals surface area contributed by atoms with Gasteiger partial charge in [0.15, 0.2) is 0 Å². The van der Waals surface area contributed by atoms with Gasteiger partial charge in [0.25, 0.3) is 5.89 Å². The van der Waals surface area contributed by atoms with Crippen molar-refractivity contribution in [1.29, 1.82) is 0 Å². The van der Waals surface area contributed by atoms with Gasteiger partial charge in [0, 0.05) is 30.4 Å². The fourth-order valence-electron chi connectivity index (χ4n) is 2.66. The normalized spacial score (nSPS) is 18.7. The quantitative estimate of drug-likeness (QED) is 0.916. The molecule has 1 unspecified atom stereocenters. The van der Waals surface area contributed by atoms with Crippen molar-refractivity contribution in [3.63, 3.8) is 0 Å². The molecule has 1 aliphatic rings. The maximum absolute atomic E-state index is 8.95. The Balaban J connectivity index is 1.72. The highest BCUT2D eigenvalue weighted by Gasteiger charge is 2.24. The second-order valence-electron chi connectivity index (χ2n) is 5.57. The zero-order valence-corrected chi connectivity index (χ0v) is 12.4. The lowest BCUT2D eigenvalue weighted by Gasteiger charge is -2.21. The van der Waals surface area contributed by atoms with Crippen LogP contribution in [-0.4, -0.2) is 53.4 Å². The summed E-state index contributed by atoms with van der Waals surface area (Å²) < 4.78 is 4.91. The number of nitrogens with zero attached hydrogens (tertiary/aromatic N) is 4. The Morgan fingerprint density at radius 1 is 1.33 bits per heavy atom. The third-order valence-corrected chi connectivity index (χ3v) is 3.99. The average molecular weight is 288 g/mol. The van der Waals surface area contributed by atoms with E-state index in [0.717, 1.165) is 18.7 Å². The minimum atomic E-state index is -0.231. The van der Waals surface area contributed by atoms with Crippen LogP contribution in [0.1, 0.15) is 12.3 Å². The van der Waals surface area contributed by atoms with Gasteiger partial charge in [-0.3, -0.25) is 0 Å². The summed E-state index contributed by atoms with van der Waals surface area (Å²) in [5.41, 5.74) is 2.11. The first-order valence-electron chi connectivity index (χ1n) is 7.12. The first kappa shape index (κ1) is 14.0. The maximum Gasteiger partial charge on any atom is 0.252 e. The Bertz CT molecular complexity index is 594. The van der Waals surface area contributed by atoms with E-state index in [1.807, 2.05) is 12.1 Å². The first-order valence-corrected chi connectivity index (χ1v) is 7.12. The van der Waals surface area contributed by atoms with Crippen molar-refractivity contribution < 1.29 is 9.63 Å². The molecule has 1 N–H and O–H groups in total. The predicted molar refractivity (Wildman–Crippen MR) is 80.0 cm³/mol. The van der Waals surface area contributed by atoms with E-state index in [2.05, 4.69) is 46.2 Å². The summed E-state index contributed by atoms with van der Waals surface area (Å²) in [6.45, 7) is 1.91. The lowest BCUT2D eigenvalue weighted by Crippen LogP contribution is -2.31. The molecule has 1 aliphatic heterocycles. The molecule has 0 amide bonds. The lowest BCUT2D eigenvalue weighted by atomic mass is 10.2. The molecule has 6 heteroatoms. The number of aromatic nitrogens is 2. The summed E-state index contributed by atoms with van der Waals surface area (Å²) in [7, 11) is 4.26. The van der Waals surface area contributed by atoms with Crippen LogP contribution in [0.4, 0.5) is 5.69 Å². The minimum absolute atomic E-state index is 0.231. The monoisotopic (exact) mass is 288 g/mol. The van der Waals surface area contributed by atoms with Crippen molar-refractivity contribution >= 4 is 5.69 Å². The molecule has 1 aromatic carbocycles. The van der Waals surface area contributed by atoms with Gasteiger partial charge in [-0.25, -0.2) is 0 Å². The van der Waals surface area contributed by atoms with Gasteiger partial charge in [0.05, 0.1) is 0 Å². The molecule has 3 rings (SSSR count). The molecule has 6 nitrogen and oxygen atoms in total. The van der Waals surface area contributed by atoms with Crippen LogP contribution in [0.15, 0.2) is 28.8 Å². The summed E-state index contributed by atoms with van der Waals surface area (Å²) in [6, 6.07) is 8.77. The molecule has 21 heavy (non-hydrogen) atoms. The number of anilines is 1. The predicted octanol–water partition coefficient (Wildman–Crippen LogP) is 1.37. The highest BCUT2D eigenvalue weighted by Crippen LogP contribution is 2.25. The van der Waals surface area contributed by atoms with Gasteiger partial charge in [-0.2, -0.15) is 4.98 Å². The van der Waals surface area contributed by atoms with Crippen LogP contribution in [0.5, 0.6) is 0 Å².